The largest absolute Gasteiger partial charge is 0.508 e. The van der Waals surface area contributed by atoms with Crippen molar-refractivity contribution in [2.45, 2.75) is 43.9 Å². The quantitative estimate of drug-likeness (QED) is 0.295. The monoisotopic (exact) mass is 472 g/mol. The number of primary amides is 1. The highest BCUT2D eigenvalue weighted by Gasteiger charge is 2.66. The minimum absolute atomic E-state index is 0.00755. The zero-order valence-corrected chi connectivity index (χ0v) is 19.1. The molecule has 0 aromatic heterocycles. The van der Waals surface area contributed by atoms with E-state index >= 15 is 0 Å². The number of amides is 1. The number of allylic oxidation sites excluding steroid dienone is 1. The van der Waals surface area contributed by atoms with Gasteiger partial charge in [-0.3, -0.25) is 19.2 Å². The van der Waals surface area contributed by atoms with Gasteiger partial charge in [-0.1, -0.05) is 6.92 Å². The van der Waals surface area contributed by atoms with Gasteiger partial charge in [0.15, 0.2) is 23.0 Å². The zero-order valence-electron chi connectivity index (χ0n) is 19.1. The van der Waals surface area contributed by atoms with Crippen LogP contribution in [-0.2, 0) is 16.0 Å². The normalized spacial score (nSPS) is 32.8. The Hall–Kier alpha value is -3.08. The van der Waals surface area contributed by atoms with Crippen molar-refractivity contribution in [2.75, 3.05) is 14.1 Å². The van der Waals surface area contributed by atoms with Crippen LogP contribution in [0.5, 0.6) is 5.75 Å². The molecular formula is C24H28N2O8. The Morgan fingerprint density at radius 3 is 2.41 bits per heavy atom. The van der Waals surface area contributed by atoms with Crippen LogP contribution in [0.2, 0.25) is 0 Å². The molecule has 0 saturated heterocycles. The number of carbonyl (C=O) groups excluding carboxylic acids is 4. The number of phenols is 1. The molecule has 0 heterocycles. The van der Waals surface area contributed by atoms with Crippen molar-refractivity contribution in [2.24, 2.45) is 23.5 Å². The molecule has 0 aliphatic heterocycles. The lowest BCUT2D eigenvalue weighted by molar-refractivity contribution is -0.178. The summed E-state index contributed by atoms with van der Waals surface area (Å²) in [6.45, 7) is 1.68. The molecule has 1 aromatic rings. The Kier molecular flexibility index (Phi) is 5.66. The Bertz CT molecular complexity index is 1160. The molecule has 1 saturated carbocycles. The lowest BCUT2D eigenvalue weighted by atomic mass is 9.55. The number of Topliss-reactive ketones (excluding diaryl/α,β-unsaturated/α-hetero) is 3. The molecule has 0 radical (unpaired) electrons. The number of carbonyl (C=O) groups is 4. The molecule has 0 bridgehead atoms. The van der Waals surface area contributed by atoms with Crippen LogP contribution in [0.3, 0.4) is 0 Å². The van der Waals surface area contributed by atoms with Gasteiger partial charge in [0.1, 0.15) is 17.4 Å². The van der Waals surface area contributed by atoms with Crippen molar-refractivity contribution in [1.82, 2.24) is 4.90 Å². The second kappa shape index (κ2) is 8.00. The first-order valence-corrected chi connectivity index (χ1v) is 11.1. The highest BCUT2D eigenvalue weighted by molar-refractivity contribution is 6.17. The van der Waals surface area contributed by atoms with Crippen LogP contribution in [0.4, 0.5) is 0 Å². The van der Waals surface area contributed by atoms with Gasteiger partial charge in [0.25, 0.3) is 0 Å². The number of fused-ring (bicyclic) bond motifs is 3. The van der Waals surface area contributed by atoms with E-state index in [4.69, 9.17) is 5.73 Å². The number of ketones is 3. The van der Waals surface area contributed by atoms with Crippen LogP contribution < -0.4 is 5.73 Å². The van der Waals surface area contributed by atoms with E-state index in [0.717, 1.165) is 0 Å². The minimum atomic E-state index is -2.63. The number of aromatic hydroxyl groups is 1. The molecule has 10 heteroatoms. The Morgan fingerprint density at radius 1 is 1.21 bits per heavy atom. The number of likely N-dealkylation sites (N-methyl/N-ethyl adjacent to an activating group) is 1. The number of aliphatic hydroxyl groups is 3. The number of hydrogen-bond acceptors (Lipinski definition) is 9. The third-order valence-corrected chi connectivity index (χ3v) is 7.60. The summed E-state index contributed by atoms with van der Waals surface area (Å²) in [5.74, 6) is -8.16. The molecule has 0 spiro atoms. The van der Waals surface area contributed by atoms with Crippen molar-refractivity contribution in [3.05, 3.63) is 40.2 Å². The fourth-order valence-electron chi connectivity index (χ4n) is 6.06. The molecule has 3 aliphatic carbocycles. The van der Waals surface area contributed by atoms with Gasteiger partial charge >= 0.3 is 0 Å². The smallest absolute Gasteiger partial charge is 0.230 e. The van der Waals surface area contributed by atoms with E-state index in [1.165, 1.54) is 17.0 Å². The van der Waals surface area contributed by atoms with Crippen LogP contribution in [-0.4, -0.2) is 80.4 Å². The van der Waals surface area contributed by atoms with E-state index in [-0.39, 0.29) is 41.9 Å². The Balaban J connectivity index is 1.95. The third-order valence-electron chi connectivity index (χ3n) is 7.60. The van der Waals surface area contributed by atoms with Gasteiger partial charge in [0.2, 0.25) is 5.91 Å². The summed E-state index contributed by atoms with van der Waals surface area (Å²) in [7, 11) is 3.19. The van der Waals surface area contributed by atoms with Gasteiger partial charge in [0, 0.05) is 29.5 Å². The zero-order chi connectivity index (χ0) is 25.3. The molecule has 4 rings (SSSR count). The molecule has 182 valence electrons. The highest BCUT2D eigenvalue weighted by Crippen LogP contribution is 2.52. The van der Waals surface area contributed by atoms with Crippen molar-refractivity contribution in [1.29, 1.82) is 0 Å². The maximum atomic E-state index is 13.5. The van der Waals surface area contributed by atoms with E-state index in [9.17, 15) is 39.6 Å². The van der Waals surface area contributed by atoms with Crippen LogP contribution in [0, 0.1) is 17.8 Å². The van der Waals surface area contributed by atoms with Gasteiger partial charge in [-0.15, -0.1) is 0 Å². The van der Waals surface area contributed by atoms with E-state index in [0.29, 0.717) is 11.1 Å². The van der Waals surface area contributed by atoms with Gasteiger partial charge in [-0.05, 0) is 50.6 Å². The maximum absolute atomic E-state index is 13.5. The Morgan fingerprint density at radius 2 is 1.85 bits per heavy atom. The molecule has 1 amide bonds. The fourth-order valence-corrected chi connectivity index (χ4v) is 6.06. The van der Waals surface area contributed by atoms with Crippen molar-refractivity contribution in [3.63, 3.8) is 0 Å². The molecule has 6 N–H and O–H groups in total. The van der Waals surface area contributed by atoms with E-state index in [1.807, 2.05) is 0 Å². The molecule has 1 aromatic carbocycles. The minimum Gasteiger partial charge on any atom is -0.508 e. The second-order valence-corrected chi connectivity index (χ2v) is 9.55. The predicted octanol–water partition coefficient (Wildman–Crippen LogP) is -0.122. The van der Waals surface area contributed by atoms with Crippen LogP contribution in [0.25, 0.3) is 0 Å². The van der Waals surface area contributed by atoms with Crippen molar-refractivity contribution < 1.29 is 39.6 Å². The Labute approximate surface area is 195 Å². The van der Waals surface area contributed by atoms with Crippen LogP contribution in [0.15, 0.2) is 23.5 Å². The number of nitrogens with two attached hydrogens (primary N) is 1. The van der Waals surface area contributed by atoms with Gasteiger partial charge in [-0.25, -0.2) is 0 Å². The van der Waals surface area contributed by atoms with Crippen molar-refractivity contribution in [3.8, 4) is 5.75 Å². The number of hydrogen-bond donors (Lipinski definition) is 5. The summed E-state index contributed by atoms with van der Waals surface area (Å²) in [6.07, 6.45) is -1.24. The molecule has 3 aliphatic rings. The maximum Gasteiger partial charge on any atom is 0.230 e. The molecule has 2 unspecified atom stereocenters. The second-order valence-electron chi connectivity index (χ2n) is 9.55. The SMILES string of the molecule is CCC(=O)c1ccc(O)c2c1C[C@H]1C[C@H]3[C@H](N(C)C)C(O)C(C(N)=O)C(=O)[C@@]3(O)C(O)=C1C2=O. The number of benzene rings is 1. The first kappa shape index (κ1) is 24.1. The lowest BCUT2D eigenvalue weighted by Crippen LogP contribution is -2.71. The first-order valence-electron chi connectivity index (χ1n) is 11.1. The number of rotatable bonds is 4. The van der Waals surface area contributed by atoms with E-state index in [1.54, 1.807) is 21.0 Å². The molecular weight excluding hydrogens is 444 g/mol. The summed E-state index contributed by atoms with van der Waals surface area (Å²) in [5.41, 5.74) is 2.98. The summed E-state index contributed by atoms with van der Waals surface area (Å²) in [5, 5.41) is 44.1. The third kappa shape index (κ3) is 3.05. The van der Waals surface area contributed by atoms with E-state index in [2.05, 4.69) is 0 Å². The average molecular weight is 472 g/mol. The van der Waals surface area contributed by atoms with Gasteiger partial charge < -0.3 is 31.1 Å². The summed E-state index contributed by atoms with van der Waals surface area (Å²) < 4.78 is 0. The standard InChI is InChI=1S/C24H28N2O8/c1-4-13(27)10-5-6-14(28)16-11(10)7-9-8-12-18(26(2)3)20(30)17(23(25)33)22(32)24(12,34)21(31)15(9)19(16)29/h5-6,9,12,17-18,20,28,30-31,34H,4,7-8H2,1-3H3,(H2,25,33)/t9-,12-,17?,18-,20?,24-/m0/s1. The molecule has 10 nitrogen and oxygen atoms in total. The van der Waals surface area contributed by atoms with Crippen LogP contribution >= 0.6 is 0 Å². The fraction of sp³-hybridized carbons (Fsp3) is 0.500. The van der Waals surface area contributed by atoms with Gasteiger partial charge in [0.05, 0.1) is 11.7 Å². The predicted molar refractivity (Wildman–Crippen MR) is 118 cm³/mol. The summed E-state index contributed by atoms with van der Waals surface area (Å²) in [4.78, 5) is 52.8. The van der Waals surface area contributed by atoms with Gasteiger partial charge in [-0.2, -0.15) is 0 Å². The number of nitrogens with zero attached hydrogens (tertiary/aromatic N) is 1. The average Bonchev–Trinajstić information content (AvgIpc) is 2.75. The summed E-state index contributed by atoms with van der Waals surface area (Å²) in [6, 6.07) is 1.74. The number of aliphatic hydroxyl groups excluding tert-OH is 2. The van der Waals surface area contributed by atoms with Crippen molar-refractivity contribution >= 4 is 23.3 Å². The van der Waals surface area contributed by atoms with E-state index < -0.39 is 58.7 Å². The summed E-state index contributed by atoms with van der Waals surface area (Å²) >= 11 is 0. The molecule has 1 fully saturated rings. The number of phenolic OH excluding ortho intramolecular Hbond substituents is 1. The molecule has 34 heavy (non-hydrogen) atoms. The molecule has 6 atom stereocenters. The first-order chi connectivity index (χ1) is 15.9. The lowest BCUT2D eigenvalue weighted by Gasteiger charge is -2.53. The topological polar surface area (TPSA) is 178 Å². The van der Waals surface area contributed by atoms with Crippen LogP contribution in [0.1, 0.15) is 46.0 Å². The highest BCUT2D eigenvalue weighted by atomic mass is 16.3.